The van der Waals surface area contributed by atoms with Gasteiger partial charge in [-0.3, -0.25) is 0 Å². The summed E-state index contributed by atoms with van der Waals surface area (Å²) in [6, 6.07) is 0. The summed E-state index contributed by atoms with van der Waals surface area (Å²) in [5, 5.41) is 0.568. The van der Waals surface area contributed by atoms with Crippen LogP contribution in [0.3, 0.4) is 0 Å². The molecule has 0 aromatic carbocycles. The second-order valence-electron chi connectivity index (χ2n) is 5.73. The summed E-state index contributed by atoms with van der Waals surface area (Å²) >= 11 is 0. The van der Waals surface area contributed by atoms with Gasteiger partial charge in [-0.25, -0.2) is 0 Å². The van der Waals surface area contributed by atoms with E-state index >= 15 is 0 Å². The normalized spacial score (nSPS) is 12.0. The second kappa shape index (κ2) is 11.5. The Labute approximate surface area is 113 Å². The van der Waals surface area contributed by atoms with Gasteiger partial charge in [-0.05, 0) is 24.4 Å². The lowest BCUT2D eigenvalue weighted by atomic mass is 9.89. The SMILES string of the molecule is CCCCCCCC(P)(CCCC)CCCC. The van der Waals surface area contributed by atoms with Crippen LogP contribution in [0.5, 0.6) is 0 Å². The molecule has 0 aromatic rings. The number of unbranched alkanes of at least 4 members (excludes halogenated alkanes) is 6. The Bertz CT molecular complexity index is 146. The maximum Gasteiger partial charge on any atom is -0.0150 e. The van der Waals surface area contributed by atoms with Crippen LogP contribution in [0.2, 0.25) is 0 Å². The minimum absolute atomic E-state index is 0.568. The molecule has 17 heavy (non-hydrogen) atoms. The molecular weight excluding hydrogens is 223 g/mol. The zero-order chi connectivity index (χ0) is 13.0. The molecular formula is C16H35P. The number of hydrogen-bond acceptors (Lipinski definition) is 0. The Morgan fingerprint density at radius 3 is 1.47 bits per heavy atom. The van der Waals surface area contributed by atoms with Crippen LogP contribution in [0.15, 0.2) is 0 Å². The quantitative estimate of drug-likeness (QED) is 0.283. The smallest absolute Gasteiger partial charge is 0.0150 e. The lowest BCUT2D eigenvalue weighted by Gasteiger charge is -2.29. The summed E-state index contributed by atoms with van der Waals surface area (Å²) in [6.45, 7) is 6.92. The number of hydrogen-bond donors (Lipinski definition) is 0. The van der Waals surface area contributed by atoms with E-state index in [9.17, 15) is 0 Å². The molecule has 0 N–H and O–H groups in total. The molecule has 104 valence electrons. The highest BCUT2D eigenvalue weighted by atomic mass is 31.0. The summed E-state index contributed by atoms with van der Waals surface area (Å²) in [5.41, 5.74) is 0. The van der Waals surface area contributed by atoms with Crippen molar-refractivity contribution in [2.24, 2.45) is 0 Å². The van der Waals surface area contributed by atoms with Gasteiger partial charge in [0.1, 0.15) is 0 Å². The van der Waals surface area contributed by atoms with Crippen LogP contribution in [0, 0.1) is 0 Å². The molecule has 0 rings (SSSR count). The first kappa shape index (κ1) is 17.4. The van der Waals surface area contributed by atoms with Gasteiger partial charge in [-0.15, -0.1) is 9.24 Å². The highest BCUT2D eigenvalue weighted by Gasteiger charge is 2.22. The van der Waals surface area contributed by atoms with Crippen LogP contribution in [-0.2, 0) is 0 Å². The van der Waals surface area contributed by atoms with E-state index in [2.05, 4.69) is 30.0 Å². The van der Waals surface area contributed by atoms with Gasteiger partial charge in [-0.1, -0.05) is 78.6 Å². The first-order valence-electron chi connectivity index (χ1n) is 7.97. The lowest BCUT2D eigenvalue weighted by molar-refractivity contribution is 0.417. The molecule has 0 fully saturated rings. The summed E-state index contributed by atoms with van der Waals surface area (Å²) < 4.78 is 0. The Morgan fingerprint density at radius 1 is 0.588 bits per heavy atom. The van der Waals surface area contributed by atoms with Crippen molar-refractivity contribution >= 4 is 9.24 Å². The second-order valence-corrected chi connectivity index (χ2v) is 6.96. The van der Waals surface area contributed by atoms with Gasteiger partial charge in [0.05, 0.1) is 0 Å². The first-order chi connectivity index (χ1) is 8.18. The third-order valence-corrected chi connectivity index (χ3v) is 4.70. The average molecular weight is 258 g/mol. The molecule has 0 amide bonds. The number of rotatable bonds is 12. The Hall–Kier alpha value is 0.430. The van der Waals surface area contributed by atoms with Crippen molar-refractivity contribution in [1.29, 1.82) is 0 Å². The van der Waals surface area contributed by atoms with E-state index in [-0.39, 0.29) is 0 Å². The van der Waals surface area contributed by atoms with E-state index in [1.807, 2.05) is 0 Å². The highest BCUT2D eigenvalue weighted by molar-refractivity contribution is 7.19. The van der Waals surface area contributed by atoms with Gasteiger partial charge in [0.25, 0.3) is 0 Å². The zero-order valence-electron chi connectivity index (χ0n) is 12.6. The van der Waals surface area contributed by atoms with Crippen molar-refractivity contribution in [2.75, 3.05) is 0 Å². The van der Waals surface area contributed by atoms with Gasteiger partial charge >= 0.3 is 0 Å². The van der Waals surface area contributed by atoms with E-state index in [1.54, 1.807) is 0 Å². The Balaban J connectivity index is 3.82. The Morgan fingerprint density at radius 2 is 1.00 bits per heavy atom. The van der Waals surface area contributed by atoms with Crippen molar-refractivity contribution in [3.8, 4) is 0 Å². The molecule has 0 saturated carbocycles. The average Bonchev–Trinajstić information content (AvgIpc) is 2.34. The van der Waals surface area contributed by atoms with Crippen molar-refractivity contribution in [2.45, 2.75) is 103 Å². The molecule has 0 aliphatic heterocycles. The summed E-state index contributed by atoms with van der Waals surface area (Å²) in [5.74, 6) is 0. The van der Waals surface area contributed by atoms with Crippen molar-refractivity contribution in [3.63, 3.8) is 0 Å². The van der Waals surface area contributed by atoms with Gasteiger partial charge < -0.3 is 0 Å². The van der Waals surface area contributed by atoms with E-state index in [0.717, 1.165) is 0 Å². The molecule has 0 saturated heterocycles. The van der Waals surface area contributed by atoms with Crippen molar-refractivity contribution < 1.29 is 0 Å². The molecule has 0 aromatic heterocycles. The van der Waals surface area contributed by atoms with Crippen LogP contribution >= 0.6 is 9.24 Å². The fraction of sp³-hybridized carbons (Fsp3) is 1.00. The third-order valence-electron chi connectivity index (χ3n) is 3.83. The molecule has 0 radical (unpaired) electrons. The molecule has 0 aliphatic carbocycles. The molecule has 0 aliphatic rings. The third kappa shape index (κ3) is 10.1. The standard InChI is InChI=1S/C16H35P/c1-4-7-10-11-12-15-16(17,13-8-5-2)14-9-6-3/h4-15,17H2,1-3H3. The van der Waals surface area contributed by atoms with E-state index < -0.39 is 0 Å². The monoisotopic (exact) mass is 258 g/mol. The summed E-state index contributed by atoms with van der Waals surface area (Å²) in [4.78, 5) is 0. The predicted octanol–water partition coefficient (Wildman–Crippen LogP) is 6.34. The van der Waals surface area contributed by atoms with Gasteiger partial charge in [0.15, 0.2) is 0 Å². The largest absolute Gasteiger partial charge is 0.131 e. The van der Waals surface area contributed by atoms with Crippen LogP contribution in [-0.4, -0.2) is 5.16 Å². The lowest BCUT2D eigenvalue weighted by Crippen LogP contribution is -2.20. The minimum Gasteiger partial charge on any atom is -0.131 e. The Kier molecular flexibility index (Phi) is 11.8. The molecule has 0 spiro atoms. The van der Waals surface area contributed by atoms with E-state index in [1.165, 1.54) is 77.0 Å². The molecule has 0 bridgehead atoms. The van der Waals surface area contributed by atoms with Crippen LogP contribution in [0.25, 0.3) is 0 Å². The molecule has 0 nitrogen and oxygen atoms in total. The van der Waals surface area contributed by atoms with Crippen LogP contribution < -0.4 is 0 Å². The fourth-order valence-electron chi connectivity index (χ4n) is 2.51. The minimum atomic E-state index is 0.568. The van der Waals surface area contributed by atoms with E-state index in [0.29, 0.717) is 5.16 Å². The van der Waals surface area contributed by atoms with Crippen LogP contribution in [0.4, 0.5) is 0 Å². The topological polar surface area (TPSA) is 0 Å². The predicted molar refractivity (Wildman–Crippen MR) is 84.9 cm³/mol. The van der Waals surface area contributed by atoms with Crippen molar-refractivity contribution in [1.82, 2.24) is 0 Å². The molecule has 1 heteroatoms. The molecule has 1 unspecified atom stereocenters. The van der Waals surface area contributed by atoms with Gasteiger partial charge in [0, 0.05) is 0 Å². The summed E-state index contributed by atoms with van der Waals surface area (Å²) in [6.07, 6.45) is 16.9. The van der Waals surface area contributed by atoms with Crippen LogP contribution in [0.1, 0.15) is 97.8 Å². The van der Waals surface area contributed by atoms with Crippen molar-refractivity contribution in [3.05, 3.63) is 0 Å². The maximum absolute atomic E-state index is 3.21. The fourth-order valence-corrected chi connectivity index (χ4v) is 3.13. The van der Waals surface area contributed by atoms with Gasteiger partial charge in [-0.2, -0.15) is 0 Å². The molecule has 1 atom stereocenters. The highest BCUT2D eigenvalue weighted by Crippen LogP contribution is 2.36. The molecule has 0 heterocycles. The maximum atomic E-state index is 3.21. The van der Waals surface area contributed by atoms with E-state index in [4.69, 9.17) is 0 Å². The summed E-state index contributed by atoms with van der Waals surface area (Å²) in [7, 11) is 3.21. The van der Waals surface area contributed by atoms with Gasteiger partial charge in [0.2, 0.25) is 0 Å². The first-order valence-corrected chi connectivity index (χ1v) is 8.55. The zero-order valence-corrected chi connectivity index (χ0v) is 13.7.